The van der Waals surface area contributed by atoms with Gasteiger partial charge in [0.25, 0.3) is 23.6 Å². The number of H-pyrrole nitrogens is 5. The molecule has 0 radical (unpaired) electrons. The molecule has 17 nitrogen and oxygen atoms in total. The molecule has 290 valence electrons. The van der Waals surface area contributed by atoms with E-state index >= 15 is 0 Å². The van der Waals surface area contributed by atoms with Gasteiger partial charge in [0.1, 0.15) is 34.2 Å². The lowest BCUT2D eigenvalue weighted by molar-refractivity contribution is 0.0418. The van der Waals surface area contributed by atoms with Crippen LogP contribution in [0.1, 0.15) is 116 Å². The van der Waals surface area contributed by atoms with Crippen LogP contribution in [-0.2, 0) is 9.47 Å². The van der Waals surface area contributed by atoms with E-state index in [9.17, 15) is 28.8 Å². The fraction of sp³-hybridized carbons (Fsp3) is 0.316. The molecule has 5 aromatic rings. The van der Waals surface area contributed by atoms with E-state index in [2.05, 4.69) is 46.2 Å². The molecule has 0 aliphatic carbocycles. The van der Waals surface area contributed by atoms with Gasteiger partial charge < -0.3 is 55.7 Å². The first-order valence-corrected chi connectivity index (χ1v) is 18.0. The molecule has 0 bridgehead atoms. The highest BCUT2D eigenvalue weighted by Crippen LogP contribution is 2.19. The Morgan fingerprint density at radius 2 is 0.764 bits per heavy atom. The van der Waals surface area contributed by atoms with Crippen molar-refractivity contribution in [1.29, 1.82) is 0 Å². The Labute approximate surface area is 316 Å². The molecule has 0 saturated carbocycles. The lowest BCUT2D eigenvalue weighted by atomic mass is 10.1. The number of carbonyl (C=O) groups excluding carboxylic acids is 6. The van der Waals surface area contributed by atoms with E-state index in [0.29, 0.717) is 36.0 Å². The molecule has 5 heterocycles. The number of hydrogen-bond acceptors (Lipinski definition) is 8. The number of ether oxygens (including phenoxy) is 2. The van der Waals surface area contributed by atoms with Crippen molar-refractivity contribution in [1.82, 2.24) is 24.9 Å². The second-order valence-electron chi connectivity index (χ2n) is 12.9. The second-order valence-corrected chi connectivity index (χ2v) is 12.9. The summed E-state index contributed by atoms with van der Waals surface area (Å²) < 4.78 is 10.7. The number of esters is 2. The SMILES string of the molecule is CCC(CC)COC(=O)c1cc(NC(=O)c2cc(NC(=O)c3ccc(C(=O)Nc4c[nH]c(C(=O)Nc5c[nH]c(C(=O)OCC(CC)CC)c5)c4)[nH]3)c[nH]2)c[nH]1. The summed E-state index contributed by atoms with van der Waals surface area (Å²) in [5.74, 6) is -2.63. The molecular weight excluding hydrogens is 710 g/mol. The van der Waals surface area contributed by atoms with E-state index < -0.39 is 35.6 Å². The maximum atomic E-state index is 12.9. The fourth-order valence-corrected chi connectivity index (χ4v) is 5.41. The summed E-state index contributed by atoms with van der Waals surface area (Å²) in [6.45, 7) is 8.77. The van der Waals surface area contributed by atoms with E-state index in [-0.39, 0.29) is 46.0 Å². The zero-order chi connectivity index (χ0) is 39.5. The van der Waals surface area contributed by atoms with Crippen molar-refractivity contribution >= 4 is 58.3 Å². The number of amides is 4. The molecule has 17 heteroatoms. The van der Waals surface area contributed by atoms with Crippen LogP contribution in [0.2, 0.25) is 0 Å². The highest BCUT2D eigenvalue weighted by atomic mass is 16.5. The summed E-state index contributed by atoms with van der Waals surface area (Å²) in [6, 6.07) is 8.65. The van der Waals surface area contributed by atoms with Crippen LogP contribution in [0.15, 0.2) is 61.2 Å². The van der Waals surface area contributed by atoms with Crippen molar-refractivity contribution in [2.24, 2.45) is 11.8 Å². The maximum Gasteiger partial charge on any atom is 0.354 e. The first-order valence-electron chi connectivity index (χ1n) is 18.0. The predicted molar refractivity (Wildman–Crippen MR) is 204 cm³/mol. The standard InChI is InChI=1S/C38H45N9O8/c1-5-21(6-2)19-54-37(52)31-13-25(17-41-31)45-35(50)29-11-23(15-39-29)43-33(48)27-9-10-28(47-27)34(49)44-24-12-30(40-16-24)36(51)46-26-14-32(42-18-26)38(53)55-20-22(7-3)8-4/h9-18,21-22,39-42,47H,5-8,19-20H2,1-4H3,(H,43,48)(H,44,49)(H,45,50)(H,46,51). The smallest absolute Gasteiger partial charge is 0.354 e. The molecule has 5 rings (SSSR count). The lowest BCUT2D eigenvalue weighted by Crippen LogP contribution is -2.15. The van der Waals surface area contributed by atoms with Gasteiger partial charge in [0.2, 0.25) is 0 Å². The van der Waals surface area contributed by atoms with Crippen molar-refractivity contribution in [3.05, 3.63) is 95.3 Å². The third-order valence-corrected chi connectivity index (χ3v) is 9.08. The Bertz CT molecular complexity index is 1980. The molecule has 0 spiro atoms. The Hall–Kier alpha value is -6.78. The number of hydrogen-bond donors (Lipinski definition) is 9. The summed E-state index contributed by atoms with van der Waals surface area (Å²) in [4.78, 5) is 90.1. The van der Waals surface area contributed by atoms with Crippen LogP contribution < -0.4 is 21.3 Å². The third kappa shape index (κ3) is 10.4. The van der Waals surface area contributed by atoms with Gasteiger partial charge in [-0.2, -0.15) is 0 Å². The molecule has 0 saturated heterocycles. The topological polar surface area (TPSA) is 248 Å². The third-order valence-electron chi connectivity index (χ3n) is 9.08. The van der Waals surface area contributed by atoms with Gasteiger partial charge in [-0.15, -0.1) is 0 Å². The van der Waals surface area contributed by atoms with Crippen molar-refractivity contribution in [2.75, 3.05) is 34.5 Å². The van der Waals surface area contributed by atoms with Gasteiger partial charge in [-0.1, -0.05) is 53.4 Å². The van der Waals surface area contributed by atoms with Crippen molar-refractivity contribution in [3.63, 3.8) is 0 Å². The molecule has 0 fully saturated rings. The van der Waals surface area contributed by atoms with E-state index in [1.807, 2.05) is 27.7 Å². The number of nitrogens with one attached hydrogen (secondary N) is 9. The zero-order valence-electron chi connectivity index (χ0n) is 30.9. The van der Waals surface area contributed by atoms with Gasteiger partial charge >= 0.3 is 11.9 Å². The molecule has 5 aromatic heterocycles. The Balaban J connectivity index is 1.08. The van der Waals surface area contributed by atoms with Crippen LogP contribution in [0, 0.1) is 11.8 Å². The quantitative estimate of drug-likeness (QED) is 0.0444. The number of aromatic nitrogens is 5. The average molecular weight is 756 g/mol. The lowest BCUT2D eigenvalue weighted by Gasteiger charge is -2.11. The van der Waals surface area contributed by atoms with Gasteiger partial charge in [-0.25, -0.2) is 9.59 Å². The number of anilines is 4. The van der Waals surface area contributed by atoms with E-state index in [1.165, 1.54) is 61.2 Å². The fourth-order valence-electron chi connectivity index (χ4n) is 5.41. The van der Waals surface area contributed by atoms with Crippen LogP contribution in [-0.4, -0.2) is 73.7 Å². The first kappa shape index (κ1) is 39.4. The van der Waals surface area contributed by atoms with Gasteiger partial charge in [0.05, 0.1) is 36.0 Å². The average Bonchev–Trinajstić information content (AvgIpc) is 4.03. The van der Waals surface area contributed by atoms with E-state index in [0.717, 1.165) is 25.7 Å². The number of rotatable bonds is 18. The van der Waals surface area contributed by atoms with E-state index in [4.69, 9.17) is 9.47 Å². The Morgan fingerprint density at radius 3 is 1.09 bits per heavy atom. The normalized spacial score (nSPS) is 11.0. The van der Waals surface area contributed by atoms with Gasteiger partial charge in [-0.05, 0) is 48.2 Å². The number of aromatic amines is 5. The Morgan fingerprint density at radius 1 is 0.473 bits per heavy atom. The molecule has 0 aliphatic rings. The summed E-state index contributed by atoms with van der Waals surface area (Å²) >= 11 is 0. The van der Waals surface area contributed by atoms with Crippen molar-refractivity contribution in [2.45, 2.75) is 53.4 Å². The first-order chi connectivity index (χ1) is 26.5. The minimum Gasteiger partial charge on any atom is -0.461 e. The predicted octanol–water partition coefficient (Wildman–Crippen LogP) is 6.52. The molecule has 0 aromatic carbocycles. The summed E-state index contributed by atoms with van der Waals surface area (Å²) in [7, 11) is 0. The largest absolute Gasteiger partial charge is 0.461 e. The second kappa shape index (κ2) is 18.3. The van der Waals surface area contributed by atoms with Gasteiger partial charge in [0.15, 0.2) is 0 Å². The maximum absolute atomic E-state index is 12.9. The van der Waals surface area contributed by atoms with Crippen LogP contribution in [0.5, 0.6) is 0 Å². The molecular formula is C38H45N9O8. The van der Waals surface area contributed by atoms with Gasteiger partial charge in [0, 0.05) is 24.8 Å². The molecule has 0 atom stereocenters. The molecule has 9 N–H and O–H groups in total. The summed E-state index contributed by atoms with van der Waals surface area (Å²) in [6.07, 6.45) is 9.41. The molecule has 0 aliphatic heterocycles. The van der Waals surface area contributed by atoms with Crippen LogP contribution >= 0.6 is 0 Å². The van der Waals surface area contributed by atoms with E-state index in [1.54, 1.807) is 0 Å². The molecule has 0 unspecified atom stereocenters. The summed E-state index contributed by atoms with van der Waals surface area (Å²) in [5, 5.41) is 10.7. The molecule has 4 amide bonds. The monoisotopic (exact) mass is 755 g/mol. The highest BCUT2D eigenvalue weighted by molar-refractivity contribution is 6.09. The van der Waals surface area contributed by atoms with Crippen LogP contribution in [0.25, 0.3) is 0 Å². The Kier molecular flexibility index (Phi) is 13.1. The number of carbonyl (C=O) groups is 6. The minimum atomic E-state index is -0.569. The van der Waals surface area contributed by atoms with Crippen molar-refractivity contribution < 1.29 is 38.2 Å². The summed E-state index contributed by atoms with van der Waals surface area (Å²) in [5.41, 5.74) is 2.15. The van der Waals surface area contributed by atoms with Gasteiger partial charge in [-0.3, -0.25) is 19.2 Å². The zero-order valence-corrected chi connectivity index (χ0v) is 30.9. The van der Waals surface area contributed by atoms with Crippen LogP contribution in [0.3, 0.4) is 0 Å². The minimum absolute atomic E-state index is 0.0766. The molecule has 55 heavy (non-hydrogen) atoms. The van der Waals surface area contributed by atoms with Crippen LogP contribution in [0.4, 0.5) is 22.7 Å². The van der Waals surface area contributed by atoms with Crippen molar-refractivity contribution in [3.8, 4) is 0 Å². The highest BCUT2D eigenvalue weighted by Gasteiger charge is 2.19.